The normalized spacial score (nSPS) is 10.6. The fraction of sp³-hybridized carbons (Fsp3) is 0.227. The second kappa shape index (κ2) is 11.6. The van der Waals surface area contributed by atoms with Crippen molar-refractivity contribution in [3.63, 3.8) is 0 Å². The van der Waals surface area contributed by atoms with Gasteiger partial charge in [0.2, 0.25) is 0 Å². The standard InChI is InChI=1S/C22H21BrN2O6/c1-4-30-17-7-5-6-16(10-17)25-22(27)15(12-24)8-14-9-19(28-2)20(11-18(14)23)31-13-21(26)29-3/h5-11H,4,13H2,1-3H3,(H,25,27). The van der Waals surface area contributed by atoms with Crippen LogP contribution in [-0.4, -0.2) is 39.3 Å². The summed E-state index contributed by atoms with van der Waals surface area (Å²) < 4.78 is 21.2. The summed E-state index contributed by atoms with van der Waals surface area (Å²) in [4.78, 5) is 23.9. The van der Waals surface area contributed by atoms with Gasteiger partial charge in [-0.3, -0.25) is 4.79 Å². The van der Waals surface area contributed by atoms with E-state index in [1.54, 1.807) is 36.4 Å². The highest BCUT2D eigenvalue weighted by atomic mass is 79.9. The lowest BCUT2D eigenvalue weighted by atomic mass is 10.1. The summed E-state index contributed by atoms with van der Waals surface area (Å²) in [5.41, 5.74) is 0.894. The number of carbonyl (C=O) groups is 2. The molecule has 162 valence electrons. The first kappa shape index (κ1) is 23.8. The second-order valence-corrected chi connectivity index (χ2v) is 6.83. The number of hydrogen-bond donors (Lipinski definition) is 1. The predicted molar refractivity (Wildman–Crippen MR) is 118 cm³/mol. The summed E-state index contributed by atoms with van der Waals surface area (Å²) in [7, 11) is 2.69. The average molecular weight is 489 g/mol. The molecule has 0 spiro atoms. The molecule has 1 N–H and O–H groups in total. The number of benzene rings is 2. The summed E-state index contributed by atoms with van der Waals surface area (Å²) in [6.45, 7) is 2.07. The van der Waals surface area contributed by atoms with Crippen molar-refractivity contribution in [3.05, 3.63) is 52.0 Å². The molecular weight excluding hydrogens is 468 g/mol. The number of halogens is 1. The van der Waals surface area contributed by atoms with Gasteiger partial charge < -0.3 is 24.3 Å². The number of carbonyl (C=O) groups excluding carboxylic acids is 2. The monoisotopic (exact) mass is 488 g/mol. The molecule has 0 heterocycles. The SMILES string of the molecule is CCOc1cccc(NC(=O)C(C#N)=Cc2cc(OC)c(OCC(=O)OC)cc2Br)c1. The number of hydrogen-bond acceptors (Lipinski definition) is 7. The van der Waals surface area contributed by atoms with E-state index in [0.717, 1.165) is 0 Å². The van der Waals surface area contributed by atoms with Gasteiger partial charge in [-0.25, -0.2) is 4.79 Å². The Balaban J connectivity index is 2.26. The smallest absolute Gasteiger partial charge is 0.343 e. The van der Waals surface area contributed by atoms with Crippen molar-refractivity contribution in [1.29, 1.82) is 5.26 Å². The molecule has 9 heteroatoms. The van der Waals surface area contributed by atoms with Gasteiger partial charge in [0.25, 0.3) is 5.91 Å². The highest BCUT2D eigenvalue weighted by Gasteiger charge is 2.15. The molecule has 0 aliphatic rings. The molecule has 0 aliphatic carbocycles. The van der Waals surface area contributed by atoms with Gasteiger partial charge in [-0.15, -0.1) is 0 Å². The fourth-order valence-corrected chi connectivity index (χ4v) is 2.90. The van der Waals surface area contributed by atoms with Gasteiger partial charge in [-0.2, -0.15) is 5.26 Å². The van der Waals surface area contributed by atoms with E-state index in [2.05, 4.69) is 26.0 Å². The third-order valence-electron chi connectivity index (χ3n) is 3.92. The molecule has 0 radical (unpaired) electrons. The summed E-state index contributed by atoms with van der Waals surface area (Å²) in [5, 5.41) is 12.2. The van der Waals surface area contributed by atoms with E-state index >= 15 is 0 Å². The Morgan fingerprint density at radius 1 is 1.16 bits per heavy atom. The molecule has 0 fully saturated rings. The van der Waals surface area contributed by atoms with Crippen molar-refractivity contribution >= 4 is 39.6 Å². The summed E-state index contributed by atoms with van der Waals surface area (Å²) in [6, 6.07) is 11.9. The predicted octanol–water partition coefficient (Wildman–Crippen LogP) is 3.95. The summed E-state index contributed by atoms with van der Waals surface area (Å²) in [6.07, 6.45) is 1.42. The third-order valence-corrected chi connectivity index (χ3v) is 4.61. The van der Waals surface area contributed by atoms with E-state index < -0.39 is 11.9 Å². The first-order chi connectivity index (χ1) is 14.9. The molecule has 0 saturated heterocycles. The van der Waals surface area contributed by atoms with Crippen LogP contribution in [0.15, 0.2) is 46.4 Å². The zero-order valence-electron chi connectivity index (χ0n) is 17.2. The first-order valence-electron chi connectivity index (χ1n) is 9.15. The minimum absolute atomic E-state index is 0.118. The summed E-state index contributed by atoms with van der Waals surface area (Å²) >= 11 is 3.38. The zero-order chi connectivity index (χ0) is 22.8. The van der Waals surface area contributed by atoms with Crippen LogP contribution in [-0.2, 0) is 14.3 Å². The van der Waals surface area contributed by atoms with Crippen LogP contribution in [0.25, 0.3) is 6.08 Å². The van der Waals surface area contributed by atoms with Gasteiger partial charge in [-0.1, -0.05) is 22.0 Å². The highest BCUT2D eigenvalue weighted by molar-refractivity contribution is 9.10. The maximum Gasteiger partial charge on any atom is 0.343 e. The van der Waals surface area contributed by atoms with E-state index in [-0.39, 0.29) is 12.2 Å². The Kier molecular flexibility index (Phi) is 8.91. The highest BCUT2D eigenvalue weighted by Crippen LogP contribution is 2.34. The van der Waals surface area contributed by atoms with Gasteiger partial charge >= 0.3 is 5.97 Å². The zero-order valence-corrected chi connectivity index (χ0v) is 18.8. The lowest BCUT2D eigenvalue weighted by molar-refractivity contribution is -0.142. The molecule has 0 atom stereocenters. The van der Waals surface area contributed by atoms with Crippen molar-refractivity contribution in [1.82, 2.24) is 0 Å². The van der Waals surface area contributed by atoms with E-state index in [1.807, 2.05) is 13.0 Å². The topological polar surface area (TPSA) is 107 Å². The molecular formula is C22H21BrN2O6. The van der Waals surface area contributed by atoms with Gasteiger partial charge in [-0.05, 0) is 42.8 Å². The van der Waals surface area contributed by atoms with Crippen molar-refractivity contribution in [2.24, 2.45) is 0 Å². The fourth-order valence-electron chi connectivity index (χ4n) is 2.46. The number of ether oxygens (including phenoxy) is 4. The van der Waals surface area contributed by atoms with Gasteiger partial charge in [0.05, 0.1) is 20.8 Å². The Labute approximate surface area is 188 Å². The van der Waals surface area contributed by atoms with Crippen molar-refractivity contribution < 1.29 is 28.5 Å². The van der Waals surface area contributed by atoms with Gasteiger partial charge in [0.1, 0.15) is 17.4 Å². The Hall–Kier alpha value is -3.51. The molecule has 0 aromatic heterocycles. The van der Waals surface area contributed by atoms with Crippen LogP contribution >= 0.6 is 15.9 Å². The van der Waals surface area contributed by atoms with Crippen molar-refractivity contribution in [2.75, 3.05) is 32.8 Å². The molecule has 0 saturated carbocycles. The number of amides is 1. The molecule has 2 aromatic rings. The number of nitrogens with zero attached hydrogens (tertiary/aromatic N) is 1. The van der Waals surface area contributed by atoms with Crippen LogP contribution in [0.2, 0.25) is 0 Å². The minimum atomic E-state index is -0.576. The Morgan fingerprint density at radius 3 is 2.58 bits per heavy atom. The minimum Gasteiger partial charge on any atom is -0.494 e. The molecule has 0 bridgehead atoms. The molecule has 0 unspecified atom stereocenters. The Bertz CT molecular complexity index is 1030. The molecule has 0 aliphatic heterocycles. The first-order valence-corrected chi connectivity index (χ1v) is 9.94. The van der Waals surface area contributed by atoms with Gasteiger partial charge in [0, 0.05) is 16.2 Å². The maximum atomic E-state index is 12.6. The van der Waals surface area contributed by atoms with E-state index in [4.69, 9.17) is 14.2 Å². The number of nitrogens with one attached hydrogen (secondary N) is 1. The van der Waals surface area contributed by atoms with E-state index in [1.165, 1.54) is 20.3 Å². The van der Waals surface area contributed by atoms with Crippen LogP contribution in [0, 0.1) is 11.3 Å². The molecule has 2 rings (SSSR count). The van der Waals surface area contributed by atoms with Crippen molar-refractivity contribution in [3.8, 4) is 23.3 Å². The van der Waals surface area contributed by atoms with Crippen LogP contribution in [0.4, 0.5) is 5.69 Å². The van der Waals surface area contributed by atoms with Gasteiger partial charge in [0.15, 0.2) is 18.1 Å². The number of esters is 1. The van der Waals surface area contributed by atoms with Crippen molar-refractivity contribution in [2.45, 2.75) is 6.92 Å². The largest absolute Gasteiger partial charge is 0.494 e. The lowest BCUT2D eigenvalue weighted by Crippen LogP contribution is -2.14. The third kappa shape index (κ3) is 6.76. The molecule has 1 amide bonds. The quantitative estimate of drug-likeness (QED) is 0.323. The number of rotatable bonds is 9. The second-order valence-electron chi connectivity index (χ2n) is 5.97. The Morgan fingerprint density at radius 2 is 1.94 bits per heavy atom. The summed E-state index contributed by atoms with van der Waals surface area (Å²) in [5.74, 6) is 0.109. The number of methoxy groups -OCH3 is 2. The lowest BCUT2D eigenvalue weighted by Gasteiger charge is -2.12. The van der Waals surface area contributed by atoms with Crippen LogP contribution in [0.5, 0.6) is 17.2 Å². The number of anilines is 1. The van der Waals surface area contributed by atoms with Crippen LogP contribution < -0.4 is 19.5 Å². The molecule has 2 aromatic carbocycles. The van der Waals surface area contributed by atoms with E-state index in [0.29, 0.717) is 39.6 Å². The maximum absolute atomic E-state index is 12.6. The van der Waals surface area contributed by atoms with Crippen LogP contribution in [0.1, 0.15) is 12.5 Å². The molecule has 31 heavy (non-hydrogen) atoms. The number of nitriles is 1. The molecule has 8 nitrogen and oxygen atoms in total. The van der Waals surface area contributed by atoms with Crippen LogP contribution in [0.3, 0.4) is 0 Å². The van der Waals surface area contributed by atoms with E-state index in [9.17, 15) is 14.9 Å². The average Bonchev–Trinajstić information content (AvgIpc) is 2.77.